The molecule has 2 amide bonds. The van der Waals surface area contributed by atoms with Gasteiger partial charge in [-0.1, -0.05) is 0 Å². The van der Waals surface area contributed by atoms with Crippen LogP contribution in [-0.4, -0.2) is 57.6 Å². The van der Waals surface area contributed by atoms with E-state index in [4.69, 9.17) is 5.73 Å². The molecule has 3 aliphatic rings. The van der Waals surface area contributed by atoms with Gasteiger partial charge in [0, 0.05) is 50.5 Å². The third-order valence-corrected chi connectivity index (χ3v) is 6.26. The van der Waals surface area contributed by atoms with E-state index in [1.165, 1.54) is 4.90 Å². The number of amides is 2. The molecule has 2 fully saturated rings. The van der Waals surface area contributed by atoms with Gasteiger partial charge in [-0.25, -0.2) is 4.79 Å². The highest BCUT2D eigenvalue weighted by molar-refractivity contribution is 5.85. The average molecular weight is 398 g/mol. The van der Waals surface area contributed by atoms with Gasteiger partial charge in [0.05, 0.1) is 11.0 Å². The molecule has 3 unspecified atom stereocenters. The molecule has 1 aromatic heterocycles. The van der Waals surface area contributed by atoms with Crippen LogP contribution >= 0.6 is 0 Å². The largest absolute Gasteiger partial charge is 0.465 e. The predicted molar refractivity (Wildman–Crippen MR) is 91.1 cm³/mol. The van der Waals surface area contributed by atoms with Crippen LogP contribution in [0.15, 0.2) is 12.3 Å². The number of hydrogen-bond acceptors (Lipinski definition) is 4. The number of nitrogens with two attached hydrogens (primary N) is 1. The number of pyridine rings is 1. The highest BCUT2D eigenvalue weighted by Crippen LogP contribution is 2.50. The first-order valence-electron chi connectivity index (χ1n) is 9.18. The topological polar surface area (TPSA) is 99.8 Å². The fourth-order valence-corrected chi connectivity index (χ4v) is 4.97. The van der Waals surface area contributed by atoms with Gasteiger partial charge in [-0.15, -0.1) is 0 Å². The molecular formula is C18H21F3N4O3. The number of carbonyl (C=O) groups excluding carboxylic acids is 1. The van der Waals surface area contributed by atoms with Gasteiger partial charge in [0.25, 0.3) is 0 Å². The Morgan fingerprint density at radius 1 is 1.32 bits per heavy atom. The van der Waals surface area contributed by atoms with E-state index >= 15 is 0 Å². The zero-order valence-electron chi connectivity index (χ0n) is 15.1. The van der Waals surface area contributed by atoms with E-state index in [1.54, 1.807) is 4.90 Å². The van der Waals surface area contributed by atoms with Gasteiger partial charge in [0.1, 0.15) is 0 Å². The van der Waals surface area contributed by atoms with Gasteiger partial charge in [0.15, 0.2) is 0 Å². The lowest BCUT2D eigenvalue weighted by Gasteiger charge is -2.37. The minimum Gasteiger partial charge on any atom is -0.465 e. The standard InChI is InChI=1S/C18H21F3N4O3/c19-18(20,21)11-3-10-7-24(2-1-14(10)23-6-11)15(26)17-5-13(22)4-12(17)8-25(9-17)16(27)28/h3,6,12-13H,1-2,4-5,7-9,22H2,(H,27,28). The molecule has 0 bridgehead atoms. The van der Waals surface area contributed by atoms with E-state index in [9.17, 15) is 27.9 Å². The van der Waals surface area contributed by atoms with Crippen LogP contribution in [0.2, 0.25) is 0 Å². The van der Waals surface area contributed by atoms with Crippen LogP contribution in [0, 0.1) is 11.3 Å². The van der Waals surface area contributed by atoms with Gasteiger partial charge in [-0.05, 0) is 30.4 Å². The highest BCUT2D eigenvalue weighted by atomic mass is 19.4. The second-order valence-corrected chi connectivity index (χ2v) is 8.02. The van der Waals surface area contributed by atoms with Crippen molar-refractivity contribution in [1.29, 1.82) is 0 Å². The number of fused-ring (bicyclic) bond motifs is 2. The van der Waals surface area contributed by atoms with Gasteiger partial charge >= 0.3 is 12.3 Å². The zero-order valence-corrected chi connectivity index (χ0v) is 15.1. The normalized spacial score (nSPS) is 29.6. The van der Waals surface area contributed by atoms with Crippen molar-refractivity contribution in [3.8, 4) is 0 Å². The average Bonchev–Trinajstić information content (AvgIpc) is 3.13. The molecule has 28 heavy (non-hydrogen) atoms. The summed E-state index contributed by atoms with van der Waals surface area (Å²) in [6.45, 7) is 0.742. The number of carboxylic acid groups (broad SMARTS) is 1. The van der Waals surface area contributed by atoms with Crippen LogP contribution in [0.3, 0.4) is 0 Å². The first-order valence-corrected chi connectivity index (χ1v) is 9.18. The molecule has 1 saturated carbocycles. The number of rotatable bonds is 1. The number of aromatic nitrogens is 1. The monoisotopic (exact) mass is 398 g/mol. The van der Waals surface area contributed by atoms with Crippen LogP contribution in [0.25, 0.3) is 0 Å². The number of halogens is 3. The summed E-state index contributed by atoms with van der Waals surface area (Å²) < 4.78 is 39.0. The van der Waals surface area contributed by atoms with E-state index in [2.05, 4.69) is 4.98 Å². The molecular weight excluding hydrogens is 377 g/mol. The maximum Gasteiger partial charge on any atom is 0.417 e. The molecule has 0 radical (unpaired) electrons. The number of likely N-dealkylation sites (tertiary alicyclic amines) is 1. The lowest BCUT2D eigenvalue weighted by atomic mass is 9.78. The summed E-state index contributed by atoms with van der Waals surface area (Å²) in [5.41, 5.74) is 5.30. The summed E-state index contributed by atoms with van der Waals surface area (Å²) >= 11 is 0. The number of nitrogens with zero attached hydrogens (tertiary/aromatic N) is 3. The number of alkyl halides is 3. The Morgan fingerprint density at radius 3 is 2.75 bits per heavy atom. The van der Waals surface area contributed by atoms with Crippen LogP contribution < -0.4 is 5.73 Å². The van der Waals surface area contributed by atoms with Crippen molar-refractivity contribution in [3.05, 3.63) is 29.1 Å². The van der Waals surface area contributed by atoms with E-state index in [0.29, 0.717) is 37.1 Å². The van der Waals surface area contributed by atoms with Gasteiger partial charge in [0.2, 0.25) is 5.91 Å². The third kappa shape index (κ3) is 2.99. The number of hydrogen-bond donors (Lipinski definition) is 2. The molecule has 0 aromatic carbocycles. The molecule has 3 heterocycles. The summed E-state index contributed by atoms with van der Waals surface area (Å²) in [7, 11) is 0. The fraction of sp³-hybridized carbons (Fsp3) is 0.611. The predicted octanol–water partition coefficient (Wildman–Crippen LogP) is 1.70. The molecule has 1 aromatic rings. The molecule has 7 nitrogen and oxygen atoms in total. The molecule has 3 N–H and O–H groups in total. The zero-order chi connectivity index (χ0) is 20.3. The summed E-state index contributed by atoms with van der Waals surface area (Å²) in [4.78, 5) is 31.5. The fourth-order valence-electron chi connectivity index (χ4n) is 4.97. The van der Waals surface area contributed by atoms with Gasteiger partial charge in [-0.3, -0.25) is 9.78 Å². The summed E-state index contributed by atoms with van der Waals surface area (Å²) in [6, 6.07) is 0.871. The van der Waals surface area contributed by atoms with E-state index in [0.717, 1.165) is 12.3 Å². The second-order valence-electron chi connectivity index (χ2n) is 8.02. The lowest BCUT2D eigenvalue weighted by molar-refractivity contribution is -0.143. The van der Waals surface area contributed by atoms with Crippen molar-refractivity contribution >= 4 is 12.0 Å². The Morgan fingerprint density at radius 2 is 2.07 bits per heavy atom. The van der Waals surface area contributed by atoms with Crippen LogP contribution in [0.5, 0.6) is 0 Å². The molecule has 0 spiro atoms. The van der Waals surface area contributed by atoms with Crippen molar-refractivity contribution in [2.45, 2.75) is 38.0 Å². The molecule has 4 rings (SSSR count). The Kier molecular flexibility index (Phi) is 4.29. The lowest BCUT2D eigenvalue weighted by Crippen LogP contribution is -2.49. The smallest absolute Gasteiger partial charge is 0.417 e. The molecule has 3 atom stereocenters. The highest BCUT2D eigenvalue weighted by Gasteiger charge is 2.59. The van der Waals surface area contributed by atoms with Gasteiger partial charge < -0.3 is 20.6 Å². The minimum atomic E-state index is -4.50. The first kappa shape index (κ1) is 19.0. The van der Waals surface area contributed by atoms with E-state index < -0.39 is 23.2 Å². The number of carbonyl (C=O) groups is 2. The van der Waals surface area contributed by atoms with Crippen molar-refractivity contribution in [3.63, 3.8) is 0 Å². The minimum absolute atomic E-state index is 0.0435. The van der Waals surface area contributed by atoms with E-state index in [-0.39, 0.29) is 37.5 Å². The Labute approximate surface area is 159 Å². The first-order chi connectivity index (χ1) is 13.1. The molecule has 2 aliphatic heterocycles. The van der Waals surface area contributed by atoms with Crippen LogP contribution in [-0.2, 0) is 23.9 Å². The second kappa shape index (κ2) is 6.33. The van der Waals surface area contributed by atoms with Crippen LogP contribution in [0.4, 0.5) is 18.0 Å². The summed E-state index contributed by atoms with van der Waals surface area (Å²) in [5, 5.41) is 9.33. The molecule has 152 valence electrons. The third-order valence-electron chi connectivity index (χ3n) is 6.26. The quantitative estimate of drug-likeness (QED) is 0.750. The van der Waals surface area contributed by atoms with Crippen LogP contribution in [0.1, 0.15) is 29.7 Å². The van der Waals surface area contributed by atoms with E-state index in [1.807, 2.05) is 0 Å². The van der Waals surface area contributed by atoms with Crippen molar-refractivity contribution in [2.24, 2.45) is 17.1 Å². The Bertz CT molecular complexity index is 831. The molecule has 1 aliphatic carbocycles. The summed E-state index contributed by atoms with van der Waals surface area (Å²) in [6.07, 6.45) is -3.41. The van der Waals surface area contributed by atoms with Crippen molar-refractivity contribution < 1.29 is 27.9 Å². The Hall–Kier alpha value is -2.36. The molecule has 1 saturated heterocycles. The maximum atomic E-state index is 13.4. The Balaban J connectivity index is 1.60. The van der Waals surface area contributed by atoms with Gasteiger partial charge in [-0.2, -0.15) is 13.2 Å². The molecule has 10 heteroatoms. The summed E-state index contributed by atoms with van der Waals surface area (Å²) in [5.74, 6) is -0.371. The van der Waals surface area contributed by atoms with Crippen molar-refractivity contribution in [2.75, 3.05) is 19.6 Å². The maximum absolute atomic E-state index is 13.4. The SMILES string of the molecule is NC1CC2CN(C(=O)O)CC2(C(=O)N2CCc3ncc(C(F)(F)F)cc3C2)C1. The van der Waals surface area contributed by atoms with Crippen molar-refractivity contribution in [1.82, 2.24) is 14.8 Å².